The van der Waals surface area contributed by atoms with Gasteiger partial charge in [0.1, 0.15) is 5.82 Å². The fourth-order valence-corrected chi connectivity index (χ4v) is 3.17. The Hall–Kier alpha value is -1.46. The molecule has 1 fully saturated rings. The Morgan fingerprint density at radius 2 is 1.83 bits per heavy atom. The predicted octanol–water partition coefficient (Wildman–Crippen LogP) is 2.29. The number of aliphatic imine (C=N–C) groups is 1. The Labute approximate surface area is 196 Å². The third kappa shape index (κ3) is 9.57. The van der Waals surface area contributed by atoms with Crippen molar-refractivity contribution in [3.8, 4) is 0 Å². The minimum absolute atomic E-state index is 0. The van der Waals surface area contributed by atoms with Crippen molar-refractivity contribution in [1.29, 1.82) is 0 Å². The molecule has 1 aromatic rings. The predicted molar refractivity (Wildman–Crippen MR) is 129 cm³/mol. The zero-order valence-electron chi connectivity index (χ0n) is 18.0. The average molecular weight is 535 g/mol. The molecule has 9 heteroatoms. The van der Waals surface area contributed by atoms with E-state index in [1.54, 1.807) is 0 Å². The first-order chi connectivity index (χ1) is 14.1. The Morgan fingerprint density at radius 3 is 2.47 bits per heavy atom. The molecule has 0 saturated carbocycles. The first kappa shape index (κ1) is 26.6. The van der Waals surface area contributed by atoms with Crippen molar-refractivity contribution in [1.82, 2.24) is 20.9 Å². The highest BCUT2D eigenvalue weighted by molar-refractivity contribution is 14.0. The Bertz CT molecular complexity index is 639. The number of hydrogen-bond acceptors (Lipinski definition) is 4. The number of hydrogen-bond donors (Lipinski definition) is 3. The summed E-state index contributed by atoms with van der Waals surface area (Å²) in [6, 6.07) is 6.67. The van der Waals surface area contributed by atoms with Gasteiger partial charge in [-0.1, -0.05) is 19.1 Å². The molecule has 1 unspecified atom stereocenters. The molecular formula is C21H35FIN5O2. The van der Waals surface area contributed by atoms with Crippen LogP contribution in [0.4, 0.5) is 4.39 Å². The van der Waals surface area contributed by atoms with E-state index in [2.05, 4.69) is 20.9 Å². The van der Waals surface area contributed by atoms with E-state index in [4.69, 9.17) is 9.73 Å². The lowest BCUT2D eigenvalue weighted by molar-refractivity contribution is -0.120. The highest BCUT2D eigenvalue weighted by Crippen LogP contribution is 2.22. The number of morpholine rings is 1. The zero-order chi connectivity index (χ0) is 20.9. The molecule has 1 amide bonds. The highest BCUT2D eigenvalue weighted by Gasteiger charge is 2.22. The second-order valence-electron chi connectivity index (χ2n) is 6.96. The molecule has 0 aromatic heterocycles. The monoisotopic (exact) mass is 535 g/mol. The fourth-order valence-electron chi connectivity index (χ4n) is 3.17. The first-order valence-electron chi connectivity index (χ1n) is 10.5. The van der Waals surface area contributed by atoms with E-state index in [0.29, 0.717) is 45.2 Å². The third-order valence-corrected chi connectivity index (χ3v) is 4.72. The number of carbonyl (C=O) groups is 1. The van der Waals surface area contributed by atoms with Crippen LogP contribution in [0, 0.1) is 5.82 Å². The molecule has 1 aromatic carbocycles. The van der Waals surface area contributed by atoms with Crippen molar-refractivity contribution in [2.75, 3.05) is 52.5 Å². The van der Waals surface area contributed by atoms with Gasteiger partial charge in [0, 0.05) is 39.1 Å². The van der Waals surface area contributed by atoms with Gasteiger partial charge in [-0.3, -0.25) is 14.7 Å². The van der Waals surface area contributed by atoms with Crippen molar-refractivity contribution in [2.45, 2.75) is 32.7 Å². The van der Waals surface area contributed by atoms with E-state index in [0.717, 1.165) is 31.6 Å². The standard InChI is InChI=1S/C21H34FN5O2.HI/c1-3-10-24-20(28)9-11-25-21(23-4-2)26-16-19(27-12-14-29-15-13-27)17-5-7-18(22)8-6-17;/h5-8,19H,3-4,9-16H2,1-2H3,(H,24,28)(H2,23,25,26);1H. The Kier molecular flexibility index (Phi) is 13.6. The average Bonchev–Trinajstić information content (AvgIpc) is 2.74. The second-order valence-corrected chi connectivity index (χ2v) is 6.96. The number of carbonyl (C=O) groups excluding carboxylic acids is 1. The number of guanidine groups is 1. The molecule has 1 aliphatic heterocycles. The molecule has 7 nitrogen and oxygen atoms in total. The smallest absolute Gasteiger partial charge is 0.221 e. The summed E-state index contributed by atoms with van der Waals surface area (Å²) in [6.45, 7) is 9.52. The molecule has 30 heavy (non-hydrogen) atoms. The summed E-state index contributed by atoms with van der Waals surface area (Å²) in [4.78, 5) is 18.8. The van der Waals surface area contributed by atoms with Gasteiger partial charge >= 0.3 is 0 Å². The summed E-state index contributed by atoms with van der Waals surface area (Å²) in [5, 5.41) is 9.31. The van der Waals surface area contributed by atoms with Crippen LogP contribution in [0.5, 0.6) is 0 Å². The third-order valence-electron chi connectivity index (χ3n) is 4.72. The number of halogens is 2. The van der Waals surface area contributed by atoms with E-state index in [1.807, 2.05) is 26.0 Å². The minimum atomic E-state index is -0.241. The van der Waals surface area contributed by atoms with Crippen molar-refractivity contribution < 1.29 is 13.9 Å². The molecule has 0 spiro atoms. The van der Waals surface area contributed by atoms with Crippen molar-refractivity contribution in [3.05, 3.63) is 35.6 Å². The maximum atomic E-state index is 13.4. The van der Waals surface area contributed by atoms with Gasteiger partial charge in [-0.05, 0) is 31.0 Å². The first-order valence-corrected chi connectivity index (χ1v) is 10.5. The quantitative estimate of drug-likeness (QED) is 0.244. The lowest BCUT2D eigenvalue weighted by Gasteiger charge is -2.34. The SMILES string of the molecule is CCCNC(=O)CCNC(=NCC(c1ccc(F)cc1)N1CCOCC1)NCC.I. The van der Waals surface area contributed by atoms with Crippen LogP contribution in [0.15, 0.2) is 29.3 Å². The topological polar surface area (TPSA) is 78.0 Å². The molecule has 170 valence electrons. The van der Waals surface area contributed by atoms with E-state index >= 15 is 0 Å². The normalized spacial score (nSPS) is 15.8. The van der Waals surface area contributed by atoms with Gasteiger partial charge in [0.15, 0.2) is 5.96 Å². The largest absolute Gasteiger partial charge is 0.379 e. The summed E-state index contributed by atoms with van der Waals surface area (Å²) in [6.07, 6.45) is 1.32. The van der Waals surface area contributed by atoms with Crippen LogP contribution >= 0.6 is 24.0 Å². The van der Waals surface area contributed by atoms with Gasteiger partial charge in [-0.25, -0.2) is 4.39 Å². The molecule has 0 aliphatic carbocycles. The van der Waals surface area contributed by atoms with Crippen LogP contribution in [0.3, 0.4) is 0 Å². The Balaban J connectivity index is 0.00000450. The van der Waals surface area contributed by atoms with Crippen LogP contribution in [0.1, 0.15) is 38.3 Å². The molecule has 0 radical (unpaired) electrons. The van der Waals surface area contributed by atoms with E-state index < -0.39 is 0 Å². The second kappa shape index (κ2) is 15.4. The fraction of sp³-hybridized carbons (Fsp3) is 0.619. The van der Waals surface area contributed by atoms with Gasteiger partial charge in [-0.15, -0.1) is 24.0 Å². The van der Waals surface area contributed by atoms with Crippen molar-refractivity contribution in [2.24, 2.45) is 4.99 Å². The van der Waals surface area contributed by atoms with Crippen LogP contribution in [0.25, 0.3) is 0 Å². The summed E-state index contributed by atoms with van der Waals surface area (Å²) in [5.41, 5.74) is 1.03. The lowest BCUT2D eigenvalue weighted by atomic mass is 10.0. The number of rotatable bonds is 10. The summed E-state index contributed by atoms with van der Waals surface area (Å²) >= 11 is 0. The van der Waals surface area contributed by atoms with Crippen molar-refractivity contribution >= 4 is 35.8 Å². The van der Waals surface area contributed by atoms with Gasteiger partial charge in [0.05, 0.1) is 25.8 Å². The highest BCUT2D eigenvalue weighted by atomic mass is 127. The zero-order valence-corrected chi connectivity index (χ0v) is 20.3. The van der Waals surface area contributed by atoms with Gasteiger partial charge < -0.3 is 20.7 Å². The number of amides is 1. The minimum Gasteiger partial charge on any atom is -0.379 e. The van der Waals surface area contributed by atoms with E-state index in [1.165, 1.54) is 12.1 Å². The van der Waals surface area contributed by atoms with Crippen LogP contribution in [0.2, 0.25) is 0 Å². The summed E-state index contributed by atoms with van der Waals surface area (Å²) in [7, 11) is 0. The molecule has 2 rings (SSSR count). The molecule has 1 aliphatic rings. The molecule has 1 atom stereocenters. The number of benzene rings is 1. The van der Waals surface area contributed by atoms with Crippen molar-refractivity contribution in [3.63, 3.8) is 0 Å². The molecular weight excluding hydrogens is 500 g/mol. The van der Waals surface area contributed by atoms with Crippen LogP contribution in [-0.4, -0.2) is 69.2 Å². The lowest BCUT2D eigenvalue weighted by Crippen LogP contribution is -2.42. The van der Waals surface area contributed by atoms with Gasteiger partial charge in [-0.2, -0.15) is 0 Å². The Morgan fingerprint density at radius 1 is 1.13 bits per heavy atom. The number of ether oxygens (including phenoxy) is 1. The molecule has 0 bridgehead atoms. The van der Waals surface area contributed by atoms with Crippen LogP contribution < -0.4 is 16.0 Å². The van der Waals surface area contributed by atoms with E-state index in [-0.39, 0.29) is 41.7 Å². The molecule has 1 heterocycles. The summed E-state index contributed by atoms with van der Waals surface area (Å²) in [5.74, 6) is 0.471. The number of nitrogens with one attached hydrogen (secondary N) is 3. The van der Waals surface area contributed by atoms with Gasteiger partial charge in [0.2, 0.25) is 5.91 Å². The maximum Gasteiger partial charge on any atom is 0.221 e. The van der Waals surface area contributed by atoms with E-state index in [9.17, 15) is 9.18 Å². The number of nitrogens with zero attached hydrogens (tertiary/aromatic N) is 2. The van der Waals surface area contributed by atoms with Gasteiger partial charge in [0.25, 0.3) is 0 Å². The summed E-state index contributed by atoms with van der Waals surface area (Å²) < 4.78 is 18.8. The molecule has 1 saturated heterocycles. The maximum absolute atomic E-state index is 13.4. The van der Waals surface area contributed by atoms with Crippen LogP contribution in [-0.2, 0) is 9.53 Å². The molecule has 3 N–H and O–H groups in total.